The molecule has 1 amide bonds. The largest absolute Gasteiger partial charge is 0.342 e. The molecule has 6 heteroatoms. The van der Waals surface area contributed by atoms with Crippen LogP contribution in [0.4, 0.5) is 5.69 Å². The molecule has 0 bridgehead atoms. The predicted octanol–water partition coefficient (Wildman–Crippen LogP) is 2.27. The van der Waals surface area contributed by atoms with E-state index in [1.54, 1.807) is 24.1 Å². The van der Waals surface area contributed by atoms with E-state index in [1.807, 2.05) is 13.0 Å². The Balaban J connectivity index is 2.27. The summed E-state index contributed by atoms with van der Waals surface area (Å²) in [5, 5.41) is 0. The molecule has 1 aromatic rings. The number of benzene rings is 1. The molecule has 2 rings (SSSR count). The van der Waals surface area contributed by atoms with Gasteiger partial charge in [0.1, 0.15) is 0 Å². The molecule has 1 unspecified atom stereocenters. The SMILES string of the molecule is CCCCN(C)C(=O)c1ccc2c(c1)CC(C)N2S(C)(=O)=O. The number of unbranched alkanes of at least 4 members (excludes halogenated alkanes) is 1. The van der Waals surface area contributed by atoms with Crippen LogP contribution in [0.3, 0.4) is 0 Å². The van der Waals surface area contributed by atoms with Gasteiger partial charge in [0.2, 0.25) is 10.0 Å². The van der Waals surface area contributed by atoms with Crippen LogP contribution in [0.5, 0.6) is 0 Å². The van der Waals surface area contributed by atoms with Crippen molar-refractivity contribution in [3.8, 4) is 0 Å². The van der Waals surface area contributed by atoms with E-state index in [4.69, 9.17) is 0 Å². The van der Waals surface area contributed by atoms with Gasteiger partial charge in [0.15, 0.2) is 0 Å². The van der Waals surface area contributed by atoms with Gasteiger partial charge < -0.3 is 4.90 Å². The summed E-state index contributed by atoms with van der Waals surface area (Å²) in [6.45, 7) is 4.71. The van der Waals surface area contributed by atoms with Crippen LogP contribution in [0.2, 0.25) is 0 Å². The summed E-state index contributed by atoms with van der Waals surface area (Å²) in [4.78, 5) is 14.1. The predicted molar refractivity (Wildman–Crippen MR) is 88.8 cm³/mol. The Morgan fingerprint density at radius 3 is 2.68 bits per heavy atom. The van der Waals surface area contributed by atoms with Gasteiger partial charge in [-0.25, -0.2) is 8.42 Å². The Hall–Kier alpha value is -1.56. The quantitative estimate of drug-likeness (QED) is 0.835. The molecule has 1 aromatic carbocycles. The third kappa shape index (κ3) is 3.27. The molecule has 0 saturated heterocycles. The highest BCUT2D eigenvalue weighted by Gasteiger charge is 2.32. The Kier molecular flexibility index (Phi) is 4.80. The minimum atomic E-state index is -3.29. The third-order valence-electron chi connectivity index (χ3n) is 4.03. The first-order valence-electron chi connectivity index (χ1n) is 7.63. The highest BCUT2D eigenvalue weighted by atomic mass is 32.2. The summed E-state index contributed by atoms with van der Waals surface area (Å²) >= 11 is 0. The number of hydrogen-bond donors (Lipinski definition) is 0. The minimum absolute atomic E-state index is 0.0123. The molecule has 22 heavy (non-hydrogen) atoms. The fraction of sp³-hybridized carbons (Fsp3) is 0.562. The molecule has 0 fully saturated rings. The summed E-state index contributed by atoms with van der Waals surface area (Å²) in [6.07, 6.45) is 3.88. The second kappa shape index (κ2) is 6.28. The first-order chi connectivity index (χ1) is 10.3. The van der Waals surface area contributed by atoms with E-state index in [1.165, 1.54) is 10.6 Å². The first kappa shape index (κ1) is 16.8. The lowest BCUT2D eigenvalue weighted by Crippen LogP contribution is -2.34. The van der Waals surface area contributed by atoms with Crippen molar-refractivity contribution in [2.45, 2.75) is 39.2 Å². The van der Waals surface area contributed by atoms with E-state index >= 15 is 0 Å². The number of sulfonamides is 1. The number of carbonyl (C=O) groups excluding carboxylic acids is 1. The van der Waals surface area contributed by atoms with Gasteiger partial charge in [-0.05, 0) is 43.5 Å². The maximum Gasteiger partial charge on any atom is 0.253 e. The van der Waals surface area contributed by atoms with Gasteiger partial charge in [-0.15, -0.1) is 0 Å². The van der Waals surface area contributed by atoms with E-state index in [9.17, 15) is 13.2 Å². The molecule has 0 saturated carbocycles. The lowest BCUT2D eigenvalue weighted by atomic mass is 10.1. The molecule has 1 aliphatic rings. The van der Waals surface area contributed by atoms with Crippen molar-refractivity contribution in [3.05, 3.63) is 29.3 Å². The van der Waals surface area contributed by atoms with Crippen LogP contribution >= 0.6 is 0 Å². The third-order valence-corrected chi connectivity index (χ3v) is 5.30. The Morgan fingerprint density at radius 1 is 1.41 bits per heavy atom. The number of fused-ring (bicyclic) bond motifs is 1. The first-order valence-corrected chi connectivity index (χ1v) is 9.48. The second-order valence-corrected chi connectivity index (χ2v) is 7.90. The molecule has 0 aliphatic carbocycles. The van der Waals surface area contributed by atoms with Crippen molar-refractivity contribution in [1.29, 1.82) is 0 Å². The average molecular weight is 324 g/mol. The molecule has 0 aromatic heterocycles. The number of anilines is 1. The summed E-state index contributed by atoms with van der Waals surface area (Å²) in [5.74, 6) is -0.0123. The molecule has 0 radical (unpaired) electrons. The lowest BCUT2D eigenvalue weighted by molar-refractivity contribution is 0.0793. The molecule has 1 aliphatic heterocycles. The fourth-order valence-corrected chi connectivity index (χ4v) is 4.22. The smallest absolute Gasteiger partial charge is 0.253 e. The highest BCUT2D eigenvalue weighted by Crippen LogP contribution is 2.34. The van der Waals surface area contributed by atoms with Gasteiger partial charge in [-0.3, -0.25) is 9.10 Å². The van der Waals surface area contributed by atoms with Gasteiger partial charge >= 0.3 is 0 Å². The van der Waals surface area contributed by atoms with Gasteiger partial charge in [-0.2, -0.15) is 0 Å². The van der Waals surface area contributed by atoms with Crippen LogP contribution in [-0.4, -0.2) is 45.1 Å². The van der Waals surface area contributed by atoms with Crippen LogP contribution in [0.25, 0.3) is 0 Å². The van der Waals surface area contributed by atoms with Crippen LogP contribution in [0.1, 0.15) is 42.6 Å². The van der Waals surface area contributed by atoms with Crippen molar-refractivity contribution in [1.82, 2.24) is 4.90 Å². The van der Waals surface area contributed by atoms with E-state index in [2.05, 4.69) is 6.92 Å². The zero-order chi connectivity index (χ0) is 16.5. The Morgan fingerprint density at radius 2 is 2.09 bits per heavy atom. The van der Waals surface area contributed by atoms with Gasteiger partial charge in [0, 0.05) is 25.2 Å². The summed E-state index contributed by atoms with van der Waals surface area (Å²) < 4.78 is 25.2. The molecule has 0 N–H and O–H groups in total. The van der Waals surface area contributed by atoms with E-state index in [0.29, 0.717) is 17.7 Å². The normalized spacial score (nSPS) is 17.5. The molecular formula is C16H24N2O3S. The number of amides is 1. The molecule has 1 atom stereocenters. The zero-order valence-electron chi connectivity index (χ0n) is 13.7. The highest BCUT2D eigenvalue weighted by molar-refractivity contribution is 7.92. The van der Waals surface area contributed by atoms with Crippen molar-refractivity contribution >= 4 is 21.6 Å². The summed E-state index contributed by atoms with van der Waals surface area (Å²) in [7, 11) is -1.49. The average Bonchev–Trinajstić information content (AvgIpc) is 2.78. The lowest BCUT2D eigenvalue weighted by Gasteiger charge is -2.22. The van der Waals surface area contributed by atoms with Gasteiger partial charge in [-0.1, -0.05) is 13.3 Å². The maximum atomic E-state index is 12.4. The van der Waals surface area contributed by atoms with Crippen LogP contribution in [0, 0.1) is 0 Å². The van der Waals surface area contributed by atoms with Crippen molar-refractivity contribution in [2.24, 2.45) is 0 Å². The van der Waals surface area contributed by atoms with Crippen molar-refractivity contribution < 1.29 is 13.2 Å². The standard InChI is InChI=1S/C16H24N2O3S/c1-5-6-9-17(3)16(19)13-7-8-15-14(11-13)10-12(2)18(15)22(4,20)21/h7-8,11-12H,5-6,9-10H2,1-4H3. The molecule has 1 heterocycles. The molecule has 5 nitrogen and oxygen atoms in total. The Labute approximate surface area is 133 Å². The fourth-order valence-electron chi connectivity index (χ4n) is 2.96. The number of hydrogen-bond acceptors (Lipinski definition) is 3. The van der Waals surface area contributed by atoms with E-state index in [0.717, 1.165) is 24.9 Å². The van der Waals surface area contributed by atoms with Crippen molar-refractivity contribution in [2.75, 3.05) is 24.2 Å². The van der Waals surface area contributed by atoms with E-state index < -0.39 is 10.0 Å². The zero-order valence-corrected chi connectivity index (χ0v) is 14.5. The number of rotatable bonds is 5. The summed E-state index contributed by atoms with van der Waals surface area (Å²) in [5.41, 5.74) is 2.25. The van der Waals surface area contributed by atoms with Crippen LogP contribution in [0.15, 0.2) is 18.2 Å². The number of nitrogens with zero attached hydrogens (tertiary/aromatic N) is 2. The number of carbonyl (C=O) groups is 1. The molecule has 0 spiro atoms. The van der Waals surface area contributed by atoms with Crippen LogP contribution in [-0.2, 0) is 16.4 Å². The van der Waals surface area contributed by atoms with Crippen molar-refractivity contribution in [3.63, 3.8) is 0 Å². The monoisotopic (exact) mass is 324 g/mol. The Bertz CT molecular complexity index is 670. The topological polar surface area (TPSA) is 57.7 Å². The molecular weight excluding hydrogens is 300 g/mol. The van der Waals surface area contributed by atoms with Crippen LogP contribution < -0.4 is 4.31 Å². The maximum absolute atomic E-state index is 12.4. The van der Waals surface area contributed by atoms with Gasteiger partial charge in [0.25, 0.3) is 5.91 Å². The van der Waals surface area contributed by atoms with Gasteiger partial charge in [0.05, 0.1) is 11.9 Å². The molecule has 122 valence electrons. The van der Waals surface area contributed by atoms with E-state index in [-0.39, 0.29) is 11.9 Å². The minimum Gasteiger partial charge on any atom is -0.342 e. The second-order valence-electron chi connectivity index (χ2n) is 6.04. The summed E-state index contributed by atoms with van der Waals surface area (Å²) in [6, 6.07) is 5.20.